The Morgan fingerprint density at radius 1 is 0.900 bits per heavy atom. The molecule has 20 heavy (non-hydrogen) atoms. The fourth-order valence-electron chi connectivity index (χ4n) is 2.27. The quantitative estimate of drug-likeness (QED) is 0.793. The molecule has 2 heteroatoms. The van der Waals surface area contributed by atoms with Crippen LogP contribution in [0, 0.1) is 0 Å². The Labute approximate surface area is 127 Å². The van der Waals surface area contributed by atoms with Crippen LogP contribution in [0.1, 0.15) is 43.9 Å². The van der Waals surface area contributed by atoms with E-state index in [9.17, 15) is 0 Å². The summed E-state index contributed by atoms with van der Waals surface area (Å²) in [6, 6.07) is 15.3. The zero-order valence-corrected chi connectivity index (χ0v) is 13.3. The van der Waals surface area contributed by atoms with Gasteiger partial charge in [-0.05, 0) is 48.2 Å². The van der Waals surface area contributed by atoms with Gasteiger partial charge in [-0.3, -0.25) is 0 Å². The van der Waals surface area contributed by atoms with Gasteiger partial charge in [-0.15, -0.1) is 0 Å². The molecule has 0 heterocycles. The first-order valence-corrected chi connectivity index (χ1v) is 7.47. The largest absolute Gasteiger partial charge is 0.313 e. The van der Waals surface area contributed by atoms with Crippen LogP contribution in [-0.2, 0) is 0 Å². The van der Waals surface area contributed by atoms with Gasteiger partial charge in [-0.1, -0.05) is 61.8 Å². The average molecular weight is 288 g/mol. The third kappa shape index (κ3) is 3.23. The standard InChI is InChI=1S/C18H22ClN/c1-12(2)14-5-7-15(8-6-14)16-9-10-17(13(3)20-4)18(19)11-16/h5-13,20H,1-4H3. The monoisotopic (exact) mass is 287 g/mol. The predicted octanol–water partition coefficient (Wildman–Crippen LogP) is 5.41. The maximum atomic E-state index is 6.39. The Balaban J connectivity index is 2.31. The summed E-state index contributed by atoms with van der Waals surface area (Å²) in [6.07, 6.45) is 0. The second-order valence-corrected chi connectivity index (χ2v) is 5.93. The Bertz CT molecular complexity index is 572. The highest BCUT2D eigenvalue weighted by Gasteiger charge is 2.09. The van der Waals surface area contributed by atoms with Gasteiger partial charge in [0.15, 0.2) is 0 Å². The highest BCUT2D eigenvalue weighted by molar-refractivity contribution is 6.31. The molecule has 0 radical (unpaired) electrons. The van der Waals surface area contributed by atoms with E-state index in [0.717, 1.165) is 16.1 Å². The normalized spacial score (nSPS) is 12.7. The van der Waals surface area contributed by atoms with Crippen molar-refractivity contribution in [3.05, 3.63) is 58.6 Å². The molecule has 0 fully saturated rings. The molecule has 0 saturated heterocycles. The second-order valence-electron chi connectivity index (χ2n) is 5.52. The molecule has 0 bridgehead atoms. The highest BCUT2D eigenvalue weighted by Crippen LogP contribution is 2.29. The predicted molar refractivity (Wildman–Crippen MR) is 88.5 cm³/mol. The number of hydrogen-bond donors (Lipinski definition) is 1. The van der Waals surface area contributed by atoms with Gasteiger partial charge in [0.25, 0.3) is 0 Å². The van der Waals surface area contributed by atoms with Gasteiger partial charge >= 0.3 is 0 Å². The van der Waals surface area contributed by atoms with E-state index >= 15 is 0 Å². The van der Waals surface area contributed by atoms with Crippen LogP contribution in [0.25, 0.3) is 11.1 Å². The van der Waals surface area contributed by atoms with Crippen LogP contribution in [0.2, 0.25) is 5.02 Å². The molecule has 1 unspecified atom stereocenters. The molecular formula is C18H22ClN. The van der Waals surface area contributed by atoms with E-state index < -0.39 is 0 Å². The zero-order chi connectivity index (χ0) is 14.7. The molecule has 106 valence electrons. The van der Waals surface area contributed by atoms with E-state index in [0.29, 0.717) is 5.92 Å². The minimum Gasteiger partial charge on any atom is -0.313 e. The molecular weight excluding hydrogens is 266 g/mol. The molecule has 1 N–H and O–H groups in total. The van der Waals surface area contributed by atoms with Gasteiger partial charge in [0, 0.05) is 11.1 Å². The highest BCUT2D eigenvalue weighted by atomic mass is 35.5. The van der Waals surface area contributed by atoms with Crippen molar-refractivity contribution in [3.8, 4) is 11.1 Å². The van der Waals surface area contributed by atoms with E-state index in [1.807, 2.05) is 7.05 Å². The minimum atomic E-state index is 0.264. The van der Waals surface area contributed by atoms with E-state index in [4.69, 9.17) is 11.6 Å². The third-order valence-corrected chi connectivity index (χ3v) is 4.14. The summed E-state index contributed by atoms with van der Waals surface area (Å²) in [5.74, 6) is 0.562. The molecule has 2 rings (SSSR count). The summed E-state index contributed by atoms with van der Waals surface area (Å²) in [4.78, 5) is 0. The van der Waals surface area contributed by atoms with Crippen LogP contribution in [-0.4, -0.2) is 7.05 Å². The molecule has 1 atom stereocenters. The van der Waals surface area contributed by atoms with Crippen LogP contribution in [0.3, 0.4) is 0 Å². The first-order valence-electron chi connectivity index (χ1n) is 7.10. The molecule has 0 spiro atoms. The van der Waals surface area contributed by atoms with Gasteiger partial charge in [0.05, 0.1) is 0 Å². The lowest BCUT2D eigenvalue weighted by Gasteiger charge is -2.14. The Morgan fingerprint density at radius 2 is 1.50 bits per heavy atom. The van der Waals surface area contributed by atoms with E-state index in [1.165, 1.54) is 11.1 Å². The molecule has 2 aromatic carbocycles. The molecule has 0 aliphatic rings. The van der Waals surface area contributed by atoms with Crippen LogP contribution in [0.5, 0.6) is 0 Å². The molecule has 0 saturated carbocycles. The van der Waals surface area contributed by atoms with Crippen LogP contribution < -0.4 is 5.32 Å². The van der Waals surface area contributed by atoms with Crippen molar-refractivity contribution in [2.45, 2.75) is 32.7 Å². The van der Waals surface area contributed by atoms with Crippen molar-refractivity contribution >= 4 is 11.6 Å². The van der Waals surface area contributed by atoms with Crippen molar-refractivity contribution < 1.29 is 0 Å². The number of benzene rings is 2. The molecule has 1 nitrogen and oxygen atoms in total. The number of halogens is 1. The third-order valence-electron chi connectivity index (χ3n) is 3.81. The number of hydrogen-bond acceptors (Lipinski definition) is 1. The van der Waals surface area contributed by atoms with Crippen molar-refractivity contribution in [3.63, 3.8) is 0 Å². The first kappa shape index (κ1) is 15.1. The summed E-state index contributed by atoms with van der Waals surface area (Å²) in [5, 5.41) is 4.03. The molecule has 2 aromatic rings. The second kappa shape index (κ2) is 6.43. The number of rotatable bonds is 4. The summed E-state index contributed by atoms with van der Waals surface area (Å²) in [6.45, 7) is 6.53. The van der Waals surface area contributed by atoms with Crippen LogP contribution >= 0.6 is 11.6 Å². The fraction of sp³-hybridized carbons (Fsp3) is 0.333. The average Bonchev–Trinajstić information content (AvgIpc) is 2.46. The fourth-order valence-corrected chi connectivity index (χ4v) is 2.62. The van der Waals surface area contributed by atoms with Gasteiger partial charge < -0.3 is 5.32 Å². The SMILES string of the molecule is CNC(C)c1ccc(-c2ccc(C(C)C)cc2)cc1Cl. The minimum absolute atomic E-state index is 0.264. The maximum Gasteiger partial charge on any atom is 0.0459 e. The van der Waals surface area contributed by atoms with Gasteiger partial charge in [0.1, 0.15) is 0 Å². The van der Waals surface area contributed by atoms with Gasteiger partial charge in [0.2, 0.25) is 0 Å². The smallest absolute Gasteiger partial charge is 0.0459 e. The van der Waals surface area contributed by atoms with E-state index in [-0.39, 0.29) is 6.04 Å². The van der Waals surface area contributed by atoms with Crippen molar-refractivity contribution in [1.82, 2.24) is 5.32 Å². The Kier molecular flexibility index (Phi) is 4.85. The lowest BCUT2D eigenvalue weighted by Crippen LogP contribution is -2.12. The maximum absolute atomic E-state index is 6.39. The summed E-state index contributed by atoms with van der Waals surface area (Å²) >= 11 is 6.39. The topological polar surface area (TPSA) is 12.0 Å². The number of nitrogens with one attached hydrogen (secondary N) is 1. The van der Waals surface area contributed by atoms with Gasteiger partial charge in [-0.2, -0.15) is 0 Å². The molecule has 0 aliphatic heterocycles. The first-order chi connectivity index (χ1) is 9.52. The van der Waals surface area contributed by atoms with Crippen molar-refractivity contribution in [1.29, 1.82) is 0 Å². The van der Waals surface area contributed by atoms with Crippen LogP contribution in [0.4, 0.5) is 0 Å². The molecule has 0 aromatic heterocycles. The Hall–Kier alpha value is -1.31. The lowest BCUT2D eigenvalue weighted by molar-refractivity contribution is 0.652. The summed E-state index contributed by atoms with van der Waals surface area (Å²) in [7, 11) is 1.94. The zero-order valence-electron chi connectivity index (χ0n) is 12.6. The van der Waals surface area contributed by atoms with Crippen molar-refractivity contribution in [2.24, 2.45) is 0 Å². The molecule has 0 amide bonds. The van der Waals surface area contributed by atoms with E-state index in [1.54, 1.807) is 0 Å². The van der Waals surface area contributed by atoms with Crippen LogP contribution in [0.15, 0.2) is 42.5 Å². The molecule has 0 aliphatic carbocycles. The van der Waals surface area contributed by atoms with Gasteiger partial charge in [-0.25, -0.2) is 0 Å². The Morgan fingerprint density at radius 3 is 2.00 bits per heavy atom. The van der Waals surface area contributed by atoms with Crippen molar-refractivity contribution in [2.75, 3.05) is 7.05 Å². The summed E-state index contributed by atoms with van der Waals surface area (Å²) < 4.78 is 0. The summed E-state index contributed by atoms with van der Waals surface area (Å²) in [5.41, 5.74) is 4.87. The lowest BCUT2D eigenvalue weighted by atomic mass is 9.97. The van der Waals surface area contributed by atoms with E-state index in [2.05, 4.69) is 68.6 Å².